The van der Waals surface area contributed by atoms with E-state index in [0.29, 0.717) is 12.0 Å². The van der Waals surface area contributed by atoms with E-state index in [2.05, 4.69) is 38.2 Å². The maximum absolute atomic E-state index is 5.72. The van der Waals surface area contributed by atoms with Crippen LogP contribution in [0.25, 0.3) is 0 Å². The molecule has 3 heterocycles. The Morgan fingerprint density at radius 3 is 2.52 bits per heavy atom. The molecule has 8 heteroatoms. The number of nitrogens with zero attached hydrogens (tertiary/aromatic N) is 7. The lowest BCUT2D eigenvalue weighted by Gasteiger charge is -2.34. The zero-order valence-electron chi connectivity index (χ0n) is 14.9. The summed E-state index contributed by atoms with van der Waals surface area (Å²) in [5, 5.41) is 4.84. The van der Waals surface area contributed by atoms with Gasteiger partial charge in [-0.1, -0.05) is 13.8 Å². The van der Waals surface area contributed by atoms with Crippen LogP contribution in [0.5, 0.6) is 0 Å². The van der Waals surface area contributed by atoms with E-state index >= 15 is 0 Å². The fourth-order valence-corrected chi connectivity index (χ4v) is 3.70. The quantitative estimate of drug-likeness (QED) is 0.765. The van der Waals surface area contributed by atoms with Crippen molar-refractivity contribution in [3.63, 3.8) is 0 Å². The normalized spacial score (nSPS) is 18.9. The minimum Gasteiger partial charge on any atom is -0.353 e. The lowest BCUT2D eigenvalue weighted by molar-refractivity contribution is 0.193. The fraction of sp³-hybridized carbons (Fsp3) is 0.647. The molecule has 0 atom stereocenters. The van der Waals surface area contributed by atoms with Gasteiger partial charge in [0, 0.05) is 50.5 Å². The first kappa shape index (κ1) is 16.7. The summed E-state index contributed by atoms with van der Waals surface area (Å²) >= 11 is 5.72. The molecule has 0 unspecified atom stereocenters. The van der Waals surface area contributed by atoms with Gasteiger partial charge in [-0.3, -0.25) is 9.88 Å². The Bertz CT molecular complexity index is 770. The molecular weight excluding hydrogens is 334 g/mol. The fourth-order valence-electron chi connectivity index (χ4n) is 3.36. The van der Waals surface area contributed by atoms with Gasteiger partial charge in [0.1, 0.15) is 11.6 Å². The SMILES string of the molecule is CC(C)c1nn(CN2CCN(c3cnccn3)CC2)c(=S)n1C1CC1. The Morgan fingerprint density at radius 2 is 1.92 bits per heavy atom. The van der Waals surface area contributed by atoms with Crippen LogP contribution in [-0.2, 0) is 6.67 Å². The molecule has 2 aromatic heterocycles. The van der Waals surface area contributed by atoms with Crippen molar-refractivity contribution in [3.8, 4) is 0 Å². The third-order valence-electron chi connectivity index (χ3n) is 4.91. The molecule has 2 fully saturated rings. The van der Waals surface area contributed by atoms with Crippen molar-refractivity contribution in [2.24, 2.45) is 0 Å². The van der Waals surface area contributed by atoms with Crippen LogP contribution in [0, 0.1) is 4.77 Å². The predicted molar refractivity (Wildman–Crippen MR) is 99.2 cm³/mol. The van der Waals surface area contributed by atoms with E-state index in [-0.39, 0.29) is 0 Å². The van der Waals surface area contributed by atoms with Crippen LogP contribution in [-0.4, -0.2) is 55.4 Å². The standard InChI is InChI=1S/C17H25N7S/c1-13(2)16-20-23(17(25)24(16)14-3-4-14)12-21-7-9-22(10-8-21)15-11-18-5-6-19-15/h5-6,11,13-14H,3-4,7-10,12H2,1-2H3. The summed E-state index contributed by atoms with van der Waals surface area (Å²) in [6.07, 6.45) is 7.76. The summed E-state index contributed by atoms with van der Waals surface area (Å²) in [4.78, 5) is 13.3. The Labute approximate surface area is 153 Å². The van der Waals surface area contributed by atoms with Crippen molar-refractivity contribution in [3.05, 3.63) is 29.2 Å². The minimum atomic E-state index is 0.400. The molecular formula is C17H25N7S. The highest BCUT2D eigenvalue weighted by Crippen LogP contribution is 2.37. The molecule has 2 aliphatic rings. The summed E-state index contributed by atoms with van der Waals surface area (Å²) < 4.78 is 5.18. The first-order valence-corrected chi connectivity index (χ1v) is 9.47. The van der Waals surface area contributed by atoms with E-state index in [1.807, 2.05) is 10.9 Å². The van der Waals surface area contributed by atoms with Crippen LogP contribution in [0.15, 0.2) is 18.6 Å². The number of hydrogen-bond donors (Lipinski definition) is 0. The van der Waals surface area contributed by atoms with Gasteiger partial charge in [0.15, 0.2) is 4.77 Å². The second-order valence-corrected chi connectivity index (χ2v) is 7.57. The van der Waals surface area contributed by atoms with Crippen LogP contribution in [0.3, 0.4) is 0 Å². The molecule has 134 valence electrons. The molecule has 4 rings (SSSR count). The van der Waals surface area contributed by atoms with Gasteiger partial charge in [0.25, 0.3) is 0 Å². The van der Waals surface area contributed by atoms with Crippen molar-refractivity contribution < 1.29 is 0 Å². The van der Waals surface area contributed by atoms with E-state index in [4.69, 9.17) is 17.3 Å². The molecule has 0 bridgehead atoms. The van der Waals surface area contributed by atoms with Crippen LogP contribution >= 0.6 is 12.2 Å². The summed E-state index contributed by atoms with van der Waals surface area (Å²) in [5.41, 5.74) is 0. The Hall–Kier alpha value is -1.80. The molecule has 0 aromatic carbocycles. The van der Waals surface area contributed by atoms with Gasteiger partial charge in [-0.2, -0.15) is 5.10 Å². The van der Waals surface area contributed by atoms with Crippen LogP contribution < -0.4 is 4.90 Å². The molecule has 0 N–H and O–H groups in total. The van der Waals surface area contributed by atoms with E-state index < -0.39 is 0 Å². The predicted octanol–water partition coefficient (Wildman–Crippen LogP) is 2.44. The van der Waals surface area contributed by atoms with E-state index in [9.17, 15) is 0 Å². The third kappa shape index (κ3) is 3.46. The van der Waals surface area contributed by atoms with Gasteiger partial charge in [-0.05, 0) is 25.1 Å². The Kier molecular flexibility index (Phi) is 4.56. The average Bonchev–Trinajstić information content (AvgIpc) is 3.41. The number of hydrogen-bond acceptors (Lipinski definition) is 6. The van der Waals surface area contributed by atoms with E-state index in [1.54, 1.807) is 12.4 Å². The molecule has 0 amide bonds. The summed E-state index contributed by atoms with van der Waals surface area (Å²) in [5.74, 6) is 2.49. The van der Waals surface area contributed by atoms with Gasteiger partial charge >= 0.3 is 0 Å². The zero-order chi connectivity index (χ0) is 17.4. The number of rotatable bonds is 5. The van der Waals surface area contributed by atoms with E-state index in [0.717, 1.165) is 49.3 Å². The van der Waals surface area contributed by atoms with Crippen LogP contribution in [0.1, 0.15) is 44.5 Å². The molecule has 0 spiro atoms. The molecule has 7 nitrogen and oxygen atoms in total. The largest absolute Gasteiger partial charge is 0.353 e. The van der Waals surface area contributed by atoms with Gasteiger partial charge in [0.05, 0.1) is 12.9 Å². The highest BCUT2D eigenvalue weighted by molar-refractivity contribution is 7.71. The smallest absolute Gasteiger partial charge is 0.199 e. The van der Waals surface area contributed by atoms with Gasteiger partial charge < -0.3 is 9.47 Å². The molecule has 25 heavy (non-hydrogen) atoms. The van der Waals surface area contributed by atoms with Gasteiger partial charge in [-0.15, -0.1) is 0 Å². The monoisotopic (exact) mass is 359 g/mol. The van der Waals surface area contributed by atoms with E-state index in [1.165, 1.54) is 12.8 Å². The van der Waals surface area contributed by atoms with Crippen LogP contribution in [0.2, 0.25) is 0 Å². The summed E-state index contributed by atoms with van der Waals surface area (Å²) in [6.45, 7) is 9.02. The molecule has 0 radical (unpaired) electrons. The lowest BCUT2D eigenvalue weighted by atomic mass is 10.2. The molecule has 2 aromatic rings. The van der Waals surface area contributed by atoms with Gasteiger partial charge in [0.2, 0.25) is 0 Å². The Morgan fingerprint density at radius 1 is 1.16 bits per heavy atom. The highest BCUT2D eigenvalue weighted by Gasteiger charge is 2.30. The van der Waals surface area contributed by atoms with Gasteiger partial charge in [-0.25, -0.2) is 9.67 Å². The molecule has 1 saturated heterocycles. The average molecular weight is 360 g/mol. The number of aromatic nitrogens is 5. The van der Waals surface area contributed by atoms with Crippen molar-refractivity contribution >= 4 is 18.0 Å². The zero-order valence-corrected chi connectivity index (χ0v) is 15.7. The Balaban J connectivity index is 1.44. The summed E-state index contributed by atoms with van der Waals surface area (Å²) in [6, 6.07) is 0.576. The van der Waals surface area contributed by atoms with Crippen molar-refractivity contribution in [2.75, 3.05) is 31.1 Å². The maximum atomic E-state index is 5.72. The highest BCUT2D eigenvalue weighted by atomic mass is 32.1. The maximum Gasteiger partial charge on any atom is 0.199 e. The first-order valence-electron chi connectivity index (χ1n) is 9.06. The topological polar surface area (TPSA) is 55.0 Å². The lowest BCUT2D eigenvalue weighted by Crippen LogP contribution is -2.47. The first-order chi connectivity index (χ1) is 12.1. The number of anilines is 1. The third-order valence-corrected chi connectivity index (χ3v) is 5.31. The van der Waals surface area contributed by atoms with Crippen molar-refractivity contribution in [2.45, 2.75) is 45.3 Å². The number of piperazine rings is 1. The molecule has 1 saturated carbocycles. The van der Waals surface area contributed by atoms with Crippen molar-refractivity contribution in [1.29, 1.82) is 0 Å². The summed E-state index contributed by atoms with van der Waals surface area (Å²) in [7, 11) is 0. The second-order valence-electron chi connectivity index (χ2n) is 7.21. The molecule has 1 aliphatic carbocycles. The second kappa shape index (κ2) is 6.84. The molecule has 1 aliphatic heterocycles. The van der Waals surface area contributed by atoms with Crippen LogP contribution in [0.4, 0.5) is 5.82 Å². The minimum absolute atomic E-state index is 0.400. The van der Waals surface area contributed by atoms with Crippen molar-refractivity contribution in [1.82, 2.24) is 29.2 Å².